The van der Waals surface area contributed by atoms with E-state index in [9.17, 15) is 4.79 Å². The van der Waals surface area contributed by atoms with Crippen molar-refractivity contribution in [3.05, 3.63) is 0 Å². The van der Waals surface area contributed by atoms with Crippen LogP contribution in [0.1, 0.15) is 33.1 Å². The second-order valence-electron chi connectivity index (χ2n) is 3.91. The number of likely N-dealkylation sites (tertiary alicyclic amines) is 1. The quantitative estimate of drug-likeness (QED) is 0.687. The van der Waals surface area contributed by atoms with Crippen molar-refractivity contribution in [1.29, 1.82) is 0 Å². The highest BCUT2D eigenvalue weighted by Gasteiger charge is 2.24. The molecular weight excluding hydrogens is 230 g/mol. The number of halogens is 1. The van der Waals surface area contributed by atoms with Crippen LogP contribution in [0.4, 0.5) is 0 Å². The molecule has 0 aromatic carbocycles. The van der Waals surface area contributed by atoms with E-state index in [0.717, 1.165) is 25.9 Å². The van der Waals surface area contributed by atoms with Crippen LogP contribution in [-0.2, 0) is 4.79 Å². The second kappa shape index (κ2) is 4.99. The van der Waals surface area contributed by atoms with E-state index in [2.05, 4.69) is 22.9 Å². The highest BCUT2D eigenvalue weighted by atomic mass is 79.9. The van der Waals surface area contributed by atoms with Crippen LogP contribution in [0.5, 0.6) is 0 Å². The minimum Gasteiger partial charge on any atom is -0.341 e. The number of rotatable bonds is 2. The van der Waals surface area contributed by atoms with Crippen molar-refractivity contribution in [3.63, 3.8) is 0 Å². The van der Waals surface area contributed by atoms with Gasteiger partial charge in [-0.1, -0.05) is 29.8 Å². The minimum absolute atomic E-state index is 0.0257. The number of carbonyl (C=O) groups is 1. The molecule has 1 aliphatic heterocycles. The maximum atomic E-state index is 11.8. The van der Waals surface area contributed by atoms with Gasteiger partial charge in [0.05, 0.1) is 4.83 Å². The van der Waals surface area contributed by atoms with Crippen molar-refractivity contribution in [2.24, 2.45) is 5.92 Å². The van der Waals surface area contributed by atoms with Crippen molar-refractivity contribution < 1.29 is 4.79 Å². The maximum Gasteiger partial charge on any atom is 0.236 e. The summed E-state index contributed by atoms with van der Waals surface area (Å²) < 4.78 is 0. The Kier molecular flexibility index (Phi) is 4.23. The van der Waals surface area contributed by atoms with Crippen molar-refractivity contribution in [1.82, 2.24) is 4.90 Å². The van der Waals surface area contributed by atoms with E-state index >= 15 is 0 Å². The number of carbonyl (C=O) groups excluding carboxylic acids is 1. The summed E-state index contributed by atoms with van der Waals surface area (Å²) in [7, 11) is 0. The Bertz CT molecular complexity index is 184. The van der Waals surface area contributed by atoms with E-state index in [-0.39, 0.29) is 10.7 Å². The van der Waals surface area contributed by atoms with Gasteiger partial charge in [0.15, 0.2) is 0 Å². The monoisotopic (exact) mass is 247 g/mol. The molecule has 1 saturated heterocycles. The van der Waals surface area contributed by atoms with Crippen LogP contribution in [0.15, 0.2) is 0 Å². The molecule has 1 rings (SSSR count). The normalized spacial score (nSPS) is 25.8. The lowest BCUT2D eigenvalue weighted by atomic mass is 10.00. The molecule has 13 heavy (non-hydrogen) atoms. The lowest BCUT2D eigenvalue weighted by Gasteiger charge is -2.32. The molecule has 0 saturated carbocycles. The first-order valence-corrected chi connectivity index (χ1v) is 5.99. The Labute approximate surface area is 88.8 Å². The molecule has 1 heterocycles. The van der Waals surface area contributed by atoms with E-state index in [0.29, 0.717) is 5.92 Å². The second-order valence-corrected chi connectivity index (χ2v) is 5.01. The summed E-state index contributed by atoms with van der Waals surface area (Å²) in [6.07, 6.45) is 3.31. The summed E-state index contributed by atoms with van der Waals surface area (Å²) in [5.74, 6) is 0.948. The molecule has 0 aromatic heterocycles. The zero-order valence-electron chi connectivity index (χ0n) is 8.42. The van der Waals surface area contributed by atoms with Crippen LogP contribution in [0.2, 0.25) is 0 Å². The number of alkyl halides is 1. The Hall–Kier alpha value is -0.0500. The Morgan fingerprint density at radius 1 is 1.69 bits per heavy atom. The third-order valence-corrected chi connectivity index (χ3v) is 3.63. The van der Waals surface area contributed by atoms with Crippen LogP contribution in [0, 0.1) is 5.92 Å². The average molecular weight is 248 g/mol. The van der Waals surface area contributed by atoms with E-state index in [1.807, 2.05) is 11.8 Å². The Morgan fingerprint density at radius 3 is 2.92 bits per heavy atom. The molecule has 0 aromatic rings. The molecule has 0 radical (unpaired) electrons. The first-order chi connectivity index (χ1) is 6.15. The van der Waals surface area contributed by atoms with Crippen molar-refractivity contribution in [3.8, 4) is 0 Å². The van der Waals surface area contributed by atoms with Gasteiger partial charge in [0.2, 0.25) is 5.91 Å². The highest BCUT2D eigenvalue weighted by Crippen LogP contribution is 2.18. The molecule has 0 unspecified atom stereocenters. The lowest BCUT2D eigenvalue weighted by molar-refractivity contribution is -0.132. The van der Waals surface area contributed by atoms with Gasteiger partial charge in [-0.2, -0.15) is 0 Å². The number of hydrogen-bond donors (Lipinski definition) is 0. The molecule has 3 heteroatoms. The molecule has 0 N–H and O–H groups in total. The van der Waals surface area contributed by atoms with Gasteiger partial charge in [-0.15, -0.1) is 0 Å². The van der Waals surface area contributed by atoms with Gasteiger partial charge >= 0.3 is 0 Å². The number of piperidine rings is 1. The summed E-state index contributed by atoms with van der Waals surface area (Å²) in [5, 5.41) is 0. The summed E-state index contributed by atoms with van der Waals surface area (Å²) in [6.45, 7) is 6.14. The van der Waals surface area contributed by atoms with Gasteiger partial charge < -0.3 is 4.90 Å². The fourth-order valence-electron chi connectivity index (χ4n) is 1.76. The molecule has 1 amide bonds. The van der Waals surface area contributed by atoms with Gasteiger partial charge in [0.25, 0.3) is 0 Å². The average Bonchev–Trinajstić information content (AvgIpc) is 2.15. The summed E-state index contributed by atoms with van der Waals surface area (Å²) in [5.41, 5.74) is 0. The van der Waals surface area contributed by atoms with Gasteiger partial charge in [0, 0.05) is 13.1 Å². The van der Waals surface area contributed by atoms with Crippen LogP contribution in [0.3, 0.4) is 0 Å². The molecule has 0 aliphatic carbocycles. The first kappa shape index (κ1) is 11.0. The Balaban J connectivity index is 2.46. The molecule has 2 nitrogen and oxygen atoms in total. The van der Waals surface area contributed by atoms with Gasteiger partial charge in [0.1, 0.15) is 0 Å². The van der Waals surface area contributed by atoms with Crippen molar-refractivity contribution in [2.75, 3.05) is 13.1 Å². The van der Waals surface area contributed by atoms with Gasteiger partial charge in [-0.3, -0.25) is 4.79 Å². The van der Waals surface area contributed by atoms with Crippen LogP contribution < -0.4 is 0 Å². The molecular formula is C10H18BrNO. The number of hydrogen-bond acceptors (Lipinski definition) is 1. The fourth-order valence-corrected chi connectivity index (χ4v) is 2.05. The van der Waals surface area contributed by atoms with E-state index in [1.165, 1.54) is 6.42 Å². The largest absolute Gasteiger partial charge is 0.341 e. The van der Waals surface area contributed by atoms with Crippen LogP contribution >= 0.6 is 15.9 Å². The smallest absolute Gasteiger partial charge is 0.236 e. The fraction of sp³-hybridized carbons (Fsp3) is 0.900. The van der Waals surface area contributed by atoms with E-state index < -0.39 is 0 Å². The molecule has 2 atom stereocenters. The molecule has 0 spiro atoms. The zero-order valence-corrected chi connectivity index (χ0v) is 10.0. The summed E-state index contributed by atoms with van der Waals surface area (Å²) in [6, 6.07) is 0. The standard InChI is InChI=1S/C10H18BrNO/c1-3-9(11)10(13)12-6-4-5-8(2)7-12/h8-9H,3-7H2,1-2H3/t8-,9-/m1/s1. The maximum absolute atomic E-state index is 11.8. The summed E-state index contributed by atoms with van der Waals surface area (Å²) in [4.78, 5) is 13.8. The number of nitrogens with zero attached hydrogens (tertiary/aromatic N) is 1. The van der Waals surface area contributed by atoms with Crippen LogP contribution in [0.25, 0.3) is 0 Å². The molecule has 1 aliphatic rings. The number of amides is 1. The lowest BCUT2D eigenvalue weighted by Crippen LogP contribution is -2.42. The predicted octanol–water partition coefficient (Wildman–Crippen LogP) is 2.42. The van der Waals surface area contributed by atoms with Crippen LogP contribution in [-0.4, -0.2) is 28.7 Å². The van der Waals surface area contributed by atoms with Gasteiger partial charge in [-0.25, -0.2) is 0 Å². The van der Waals surface area contributed by atoms with Crippen molar-refractivity contribution >= 4 is 21.8 Å². The van der Waals surface area contributed by atoms with Gasteiger partial charge in [-0.05, 0) is 25.2 Å². The molecule has 1 fully saturated rings. The predicted molar refractivity (Wildman–Crippen MR) is 58.0 cm³/mol. The molecule has 0 bridgehead atoms. The minimum atomic E-state index is 0.0257. The highest BCUT2D eigenvalue weighted by molar-refractivity contribution is 9.10. The zero-order chi connectivity index (χ0) is 9.84. The summed E-state index contributed by atoms with van der Waals surface area (Å²) >= 11 is 3.41. The first-order valence-electron chi connectivity index (χ1n) is 5.08. The topological polar surface area (TPSA) is 20.3 Å². The third kappa shape index (κ3) is 2.97. The van der Waals surface area contributed by atoms with E-state index in [4.69, 9.17) is 0 Å². The van der Waals surface area contributed by atoms with Crippen molar-refractivity contribution in [2.45, 2.75) is 37.9 Å². The molecule has 76 valence electrons. The van der Waals surface area contributed by atoms with E-state index in [1.54, 1.807) is 0 Å². The Morgan fingerprint density at radius 2 is 2.38 bits per heavy atom. The third-order valence-electron chi connectivity index (χ3n) is 2.60. The SMILES string of the molecule is CC[C@@H](Br)C(=O)N1CCC[C@@H](C)C1.